The van der Waals surface area contributed by atoms with Gasteiger partial charge in [-0.15, -0.1) is 0 Å². The molecule has 3 aliphatic carbocycles. The van der Waals surface area contributed by atoms with Crippen molar-refractivity contribution in [2.75, 3.05) is 0 Å². The lowest BCUT2D eigenvalue weighted by Gasteiger charge is -2.21. The van der Waals surface area contributed by atoms with Crippen molar-refractivity contribution >= 4 is 0 Å². The van der Waals surface area contributed by atoms with E-state index in [1.807, 2.05) is 24.3 Å². The maximum absolute atomic E-state index is 9.41. The lowest BCUT2D eigenvalue weighted by molar-refractivity contribution is 0.385. The topological polar surface area (TPSA) is 40.5 Å². The molecule has 2 heteroatoms. The van der Waals surface area contributed by atoms with Crippen LogP contribution in [0.2, 0.25) is 0 Å². The molecule has 0 bridgehead atoms. The van der Waals surface area contributed by atoms with Crippen molar-refractivity contribution in [2.45, 2.75) is 38.5 Å². The molecular weight excluding hydrogens is 248 g/mol. The monoisotopic (exact) mass is 268 g/mol. The van der Waals surface area contributed by atoms with E-state index in [1.54, 1.807) is 0 Å². The summed E-state index contributed by atoms with van der Waals surface area (Å²) in [6.07, 6.45) is 17.7. The van der Waals surface area contributed by atoms with Gasteiger partial charge in [-0.3, -0.25) is 0 Å². The Morgan fingerprint density at radius 2 is 0.750 bits per heavy atom. The Bertz CT molecular complexity index is 541. The Balaban J connectivity index is 1.77. The van der Waals surface area contributed by atoms with Crippen LogP contribution in [0.3, 0.4) is 0 Å². The fourth-order valence-corrected chi connectivity index (χ4v) is 2.96. The van der Waals surface area contributed by atoms with Gasteiger partial charge in [-0.25, -0.2) is 0 Å². The third-order valence-electron chi connectivity index (χ3n) is 4.23. The van der Waals surface area contributed by atoms with E-state index in [1.165, 1.54) is 22.3 Å². The van der Waals surface area contributed by atoms with Crippen molar-refractivity contribution in [3.05, 3.63) is 70.3 Å². The van der Waals surface area contributed by atoms with Gasteiger partial charge in [-0.2, -0.15) is 0 Å². The van der Waals surface area contributed by atoms with Gasteiger partial charge in [0, 0.05) is 12.8 Å². The van der Waals surface area contributed by atoms with E-state index in [0.717, 1.165) is 38.5 Å². The molecule has 0 unspecified atom stereocenters. The second-order valence-electron chi connectivity index (χ2n) is 5.58. The first-order chi connectivity index (χ1) is 9.72. The van der Waals surface area contributed by atoms with Crippen molar-refractivity contribution in [1.29, 1.82) is 0 Å². The predicted octanol–water partition coefficient (Wildman–Crippen LogP) is 4.96. The van der Waals surface area contributed by atoms with E-state index in [2.05, 4.69) is 12.2 Å². The smallest absolute Gasteiger partial charge is 0.0926 e. The number of allylic oxidation sites excluding steroid dienone is 12. The molecule has 104 valence electrons. The van der Waals surface area contributed by atoms with Crippen LogP contribution >= 0.6 is 0 Å². The zero-order valence-electron chi connectivity index (χ0n) is 11.6. The van der Waals surface area contributed by atoms with Gasteiger partial charge >= 0.3 is 0 Å². The van der Waals surface area contributed by atoms with Crippen LogP contribution < -0.4 is 0 Å². The highest BCUT2D eigenvalue weighted by Crippen LogP contribution is 2.34. The predicted molar refractivity (Wildman–Crippen MR) is 81.5 cm³/mol. The molecule has 0 aliphatic heterocycles. The molecule has 2 N–H and O–H groups in total. The average Bonchev–Trinajstić information content (AvgIpc) is 2.49. The van der Waals surface area contributed by atoms with E-state index in [4.69, 9.17) is 0 Å². The van der Waals surface area contributed by atoms with Gasteiger partial charge in [0.1, 0.15) is 0 Å². The summed E-state index contributed by atoms with van der Waals surface area (Å²) in [5, 5.41) is 18.8. The maximum Gasteiger partial charge on any atom is 0.0926 e. The second kappa shape index (κ2) is 5.58. The Morgan fingerprint density at radius 3 is 1.00 bits per heavy atom. The molecule has 0 radical (unpaired) electrons. The highest BCUT2D eigenvalue weighted by atomic mass is 16.3. The van der Waals surface area contributed by atoms with Gasteiger partial charge in [0.15, 0.2) is 0 Å². The zero-order chi connectivity index (χ0) is 13.9. The summed E-state index contributed by atoms with van der Waals surface area (Å²) in [6, 6.07) is 0. The first-order valence-electron chi connectivity index (χ1n) is 7.30. The van der Waals surface area contributed by atoms with Crippen molar-refractivity contribution in [1.82, 2.24) is 0 Å². The Labute approximate surface area is 119 Å². The van der Waals surface area contributed by atoms with Crippen LogP contribution in [0.5, 0.6) is 0 Å². The summed E-state index contributed by atoms with van der Waals surface area (Å²) >= 11 is 0. The lowest BCUT2D eigenvalue weighted by Crippen LogP contribution is -2.03. The molecule has 0 atom stereocenters. The van der Waals surface area contributed by atoms with E-state index in [9.17, 15) is 10.2 Å². The number of hydrogen-bond donors (Lipinski definition) is 2. The molecule has 0 saturated heterocycles. The van der Waals surface area contributed by atoms with Crippen LogP contribution in [0.4, 0.5) is 0 Å². The van der Waals surface area contributed by atoms with E-state index < -0.39 is 0 Å². The molecule has 0 fully saturated rings. The summed E-state index contributed by atoms with van der Waals surface area (Å²) in [7, 11) is 0. The second-order valence-corrected chi connectivity index (χ2v) is 5.58. The first-order valence-corrected chi connectivity index (χ1v) is 7.30. The summed E-state index contributed by atoms with van der Waals surface area (Å²) in [4.78, 5) is 0. The van der Waals surface area contributed by atoms with Crippen LogP contribution in [0.1, 0.15) is 38.5 Å². The van der Waals surface area contributed by atoms with Gasteiger partial charge in [0.25, 0.3) is 0 Å². The van der Waals surface area contributed by atoms with E-state index in [-0.39, 0.29) is 0 Å². The van der Waals surface area contributed by atoms with Crippen LogP contribution in [0.15, 0.2) is 70.3 Å². The van der Waals surface area contributed by atoms with Crippen LogP contribution in [-0.2, 0) is 0 Å². The Morgan fingerprint density at radius 1 is 0.450 bits per heavy atom. The third-order valence-corrected chi connectivity index (χ3v) is 4.23. The molecule has 0 aromatic rings. The van der Waals surface area contributed by atoms with Gasteiger partial charge in [-0.05, 0) is 60.1 Å². The number of aliphatic hydroxyl groups is 2. The molecule has 0 aromatic heterocycles. The quantitative estimate of drug-likeness (QED) is 0.743. The normalized spacial score (nSPS) is 23.0. The summed E-state index contributed by atoms with van der Waals surface area (Å²) < 4.78 is 0. The van der Waals surface area contributed by atoms with Crippen LogP contribution in [-0.4, -0.2) is 10.2 Å². The minimum absolute atomic E-state index is 0.486. The minimum atomic E-state index is 0.486. The van der Waals surface area contributed by atoms with E-state index in [0.29, 0.717) is 11.5 Å². The van der Waals surface area contributed by atoms with Crippen molar-refractivity contribution in [2.24, 2.45) is 0 Å². The van der Waals surface area contributed by atoms with Crippen LogP contribution in [0.25, 0.3) is 0 Å². The number of hydrogen-bond acceptors (Lipinski definition) is 2. The minimum Gasteiger partial charge on any atom is -0.512 e. The zero-order valence-corrected chi connectivity index (χ0v) is 11.6. The fourth-order valence-electron chi connectivity index (χ4n) is 2.96. The number of rotatable bonds is 2. The molecule has 20 heavy (non-hydrogen) atoms. The summed E-state index contributed by atoms with van der Waals surface area (Å²) in [5.74, 6) is 0.973. The lowest BCUT2D eigenvalue weighted by atomic mass is 9.85. The largest absolute Gasteiger partial charge is 0.512 e. The highest BCUT2D eigenvalue weighted by Gasteiger charge is 2.16. The van der Waals surface area contributed by atoms with E-state index >= 15 is 0 Å². The van der Waals surface area contributed by atoms with Gasteiger partial charge in [0.05, 0.1) is 11.5 Å². The molecule has 0 aromatic carbocycles. The molecule has 0 saturated carbocycles. The summed E-state index contributed by atoms with van der Waals surface area (Å²) in [5.41, 5.74) is 5.50. The molecule has 2 nitrogen and oxygen atoms in total. The Kier molecular flexibility index (Phi) is 3.64. The standard InChI is InChI=1S/C18H20O2/c19-17-9-5-15(6-10-17)13-1-2-14(4-3-13)16-7-11-18(20)12-8-16/h1-2,5,7,9,11,19-20H,3-4,6,8,10,12H2. The fraction of sp³-hybridized carbons (Fsp3) is 0.333. The van der Waals surface area contributed by atoms with Crippen molar-refractivity contribution in [3.8, 4) is 0 Å². The molecule has 3 rings (SSSR count). The van der Waals surface area contributed by atoms with Crippen molar-refractivity contribution in [3.63, 3.8) is 0 Å². The highest BCUT2D eigenvalue weighted by molar-refractivity contribution is 5.47. The number of aliphatic hydroxyl groups excluding tert-OH is 2. The maximum atomic E-state index is 9.41. The first kappa shape index (κ1) is 13.0. The van der Waals surface area contributed by atoms with Gasteiger partial charge < -0.3 is 10.2 Å². The van der Waals surface area contributed by atoms with Crippen LogP contribution in [0, 0.1) is 0 Å². The SMILES string of the molecule is OC1=CC=C(C2=CC=C(C3=CC=C(O)CC3)CC2)CC1. The van der Waals surface area contributed by atoms with Gasteiger partial charge in [-0.1, -0.05) is 24.3 Å². The molecule has 0 heterocycles. The average molecular weight is 268 g/mol. The van der Waals surface area contributed by atoms with Gasteiger partial charge in [0.2, 0.25) is 0 Å². The summed E-state index contributed by atoms with van der Waals surface area (Å²) in [6.45, 7) is 0. The molecule has 0 amide bonds. The Hall–Kier alpha value is -1.96. The molecule has 3 aliphatic rings. The third kappa shape index (κ3) is 2.79. The molecular formula is C18H20O2. The molecule has 0 spiro atoms. The van der Waals surface area contributed by atoms with Crippen molar-refractivity contribution < 1.29 is 10.2 Å².